The number of aromatic nitrogens is 1. The summed E-state index contributed by atoms with van der Waals surface area (Å²) in [6.45, 7) is 1.68. The first-order valence-corrected chi connectivity index (χ1v) is 14.9. The van der Waals surface area contributed by atoms with Gasteiger partial charge in [-0.3, -0.25) is 9.69 Å². The van der Waals surface area contributed by atoms with E-state index in [1.165, 1.54) is 45.1 Å². The van der Waals surface area contributed by atoms with Gasteiger partial charge in [-0.1, -0.05) is 0 Å². The summed E-state index contributed by atoms with van der Waals surface area (Å²) in [4.78, 5) is 33.1. The topological polar surface area (TPSA) is 118 Å². The summed E-state index contributed by atoms with van der Waals surface area (Å²) < 4.78 is 39.1. The molecule has 1 saturated carbocycles. The summed E-state index contributed by atoms with van der Waals surface area (Å²) in [5.41, 5.74) is 3.83. The minimum atomic E-state index is -0.670. The van der Waals surface area contributed by atoms with Crippen LogP contribution < -0.4 is 18.9 Å². The highest BCUT2D eigenvalue weighted by atomic mass is 16.6. The molecule has 3 aromatic rings. The van der Waals surface area contributed by atoms with Crippen LogP contribution in [0.25, 0.3) is 10.9 Å². The van der Waals surface area contributed by atoms with E-state index in [4.69, 9.17) is 33.2 Å². The number of ether oxygens (including phenoxy) is 7. The maximum absolute atomic E-state index is 13.5. The van der Waals surface area contributed by atoms with Crippen molar-refractivity contribution in [2.75, 3.05) is 55.7 Å². The highest BCUT2D eigenvalue weighted by Crippen LogP contribution is 2.51. The first-order valence-electron chi connectivity index (χ1n) is 14.9. The Morgan fingerprint density at radius 3 is 2.30 bits per heavy atom. The molecule has 236 valence electrons. The average molecular weight is 609 g/mol. The van der Waals surface area contributed by atoms with Gasteiger partial charge in [-0.25, -0.2) is 4.79 Å². The lowest BCUT2D eigenvalue weighted by Gasteiger charge is -2.52. The van der Waals surface area contributed by atoms with Crippen LogP contribution in [0.2, 0.25) is 0 Å². The van der Waals surface area contributed by atoms with Crippen molar-refractivity contribution in [3.05, 3.63) is 47.2 Å². The monoisotopic (exact) mass is 608 g/mol. The fraction of sp³-hybridized carbons (Fsp3) is 0.515. The molecule has 44 heavy (non-hydrogen) atoms. The fourth-order valence-corrected chi connectivity index (χ4v) is 7.76. The Hall–Kier alpha value is -3.96. The summed E-state index contributed by atoms with van der Waals surface area (Å²) in [5, 5.41) is 1.21. The van der Waals surface area contributed by atoms with E-state index in [9.17, 15) is 9.59 Å². The summed E-state index contributed by atoms with van der Waals surface area (Å²) in [6, 6.07) is 9.40. The Morgan fingerprint density at radius 2 is 1.66 bits per heavy atom. The van der Waals surface area contributed by atoms with E-state index in [-0.39, 0.29) is 29.4 Å². The summed E-state index contributed by atoms with van der Waals surface area (Å²) in [5.74, 6) is 0.441. The zero-order valence-electron chi connectivity index (χ0n) is 26.0. The first kappa shape index (κ1) is 30.1. The van der Waals surface area contributed by atoms with Crippen LogP contribution in [-0.2, 0) is 25.4 Å². The van der Waals surface area contributed by atoms with Crippen LogP contribution in [0.4, 0.5) is 0 Å². The second-order valence-electron chi connectivity index (χ2n) is 11.7. The standard InChI is InChI=1S/C33H40N2O9/c1-38-19-7-8-20-21-9-10-35-16-18-13-27(44-32(36)17-11-25(39-2)30(41-4)26(12-17)40-3)31(42-5)28(33(37)43-6)22(18)15-24(35)29(21)34-23(20)14-19/h7-8,11-12,14,18,22,24,27-28,31,34H,9-10,13,15-16H2,1-6H3/t18-,22+,24+,27+,28+,31+/m0/s1. The Kier molecular flexibility index (Phi) is 8.34. The van der Waals surface area contributed by atoms with Crippen LogP contribution in [-0.4, -0.2) is 89.8 Å². The van der Waals surface area contributed by atoms with Crippen LogP contribution in [0, 0.1) is 17.8 Å². The predicted molar refractivity (Wildman–Crippen MR) is 161 cm³/mol. The number of carbonyl (C=O) groups is 2. The maximum atomic E-state index is 13.5. The molecule has 1 aromatic heterocycles. The Morgan fingerprint density at radius 1 is 0.909 bits per heavy atom. The Bertz CT molecular complexity index is 1530. The van der Waals surface area contributed by atoms with Crippen molar-refractivity contribution in [3.63, 3.8) is 0 Å². The molecular weight excluding hydrogens is 568 g/mol. The van der Waals surface area contributed by atoms with Crippen LogP contribution in [0.15, 0.2) is 30.3 Å². The molecule has 6 rings (SSSR count). The van der Waals surface area contributed by atoms with E-state index in [1.54, 1.807) is 26.4 Å². The van der Waals surface area contributed by atoms with E-state index >= 15 is 0 Å². The van der Waals surface area contributed by atoms with E-state index in [1.807, 2.05) is 12.1 Å². The van der Waals surface area contributed by atoms with Crippen LogP contribution in [0.3, 0.4) is 0 Å². The van der Waals surface area contributed by atoms with Crippen LogP contribution >= 0.6 is 0 Å². The minimum Gasteiger partial charge on any atom is -0.497 e. The van der Waals surface area contributed by atoms with Gasteiger partial charge < -0.3 is 38.1 Å². The molecule has 0 amide bonds. The molecular formula is C33H40N2O9. The third-order valence-corrected chi connectivity index (χ3v) is 9.76. The summed E-state index contributed by atoms with van der Waals surface area (Å²) in [6.07, 6.45) is 0.920. The van der Waals surface area contributed by atoms with Gasteiger partial charge in [0.05, 0.1) is 53.1 Å². The van der Waals surface area contributed by atoms with E-state index in [2.05, 4.69) is 16.0 Å². The minimum absolute atomic E-state index is 0.0170. The van der Waals surface area contributed by atoms with E-state index < -0.39 is 24.1 Å². The molecule has 0 unspecified atom stereocenters. The van der Waals surface area contributed by atoms with Crippen LogP contribution in [0.1, 0.15) is 40.5 Å². The molecule has 2 fully saturated rings. The number of H-pyrrole nitrogens is 1. The largest absolute Gasteiger partial charge is 0.497 e. The van der Waals surface area contributed by atoms with Gasteiger partial charge in [-0.2, -0.15) is 0 Å². The zero-order valence-corrected chi connectivity index (χ0v) is 26.0. The number of rotatable bonds is 8. The van der Waals surface area contributed by atoms with Gasteiger partial charge in [0, 0.05) is 42.9 Å². The Labute approximate surface area is 256 Å². The van der Waals surface area contributed by atoms with Gasteiger partial charge in [0.25, 0.3) is 0 Å². The maximum Gasteiger partial charge on any atom is 0.338 e. The third-order valence-electron chi connectivity index (χ3n) is 9.76. The highest BCUT2D eigenvalue weighted by Gasteiger charge is 2.54. The zero-order chi connectivity index (χ0) is 31.1. The Balaban J connectivity index is 1.29. The lowest BCUT2D eigenvalue weighted by atomic mass is 9.63. The van der Waals surface area contributed by atoms with Gasteiger partial charge in [-0.05, 0) is 60.9 Å². The number of nitrogens with one attached hydrogen (secondary N) is 1. The van der Waals surface area contributed by atoms with Crippen molar-refractivity contribution in [1.29, 1.82) is 0 Å². The number of hydrogen-bond donors (Lipinski definition) is 1. The molecule has 1 N–H and O–H groups in total. The van der Waals surface area contributed by atoms with Gasteiger partial charge >= 0.3 is 11.9 Å². The second-order valence-corrected chi connectivity index (χ2v) is 11.7. The number of methoxy groups -OCH3 is 6. The predicted octanol–water partition coefficient (Wildman–Crippen LogP) is 4.17. The number of nitrogens with zero attached hydrogens (tertiary/aromatic N) is 1. The quantitative estimate of drug-likeness (QED) is 0.374. The number of esters is 2. The number of carbonyl (C=O) groups excluding carboxylic acids is 2. The lowest BCUT2D eigenvalue weighted by molar-refractivity contribution is -0.176. The normalized spacial score (nSPS) is 26.1. The molecule has 1 aliphatic carbocycles. The van der Waals surface area contributed by atoms with Crippen LogP contribution in [0.5, 0.6) is 23.0 Å². The average Bonchev–Trinajstić information content (AvgIpc) is 3.43. The van der Waals surface area contributed by atoms with E-state index in [0.29, 0.717) is 23.7 Å². The first-order chi connectivity index (χ1) is 21.3. The van der Waals surface area contributed by atoms with Crippen molar-refractivity contribution < 1.29 is 42.7 Å². The number of piperidine rings is 1. The fourth-order valence-electron chi connectivity index (χ4n) is 7.76. The number of aromatic amines is 1. The summed E-state index contributed by atoms with van der Waals surface area (Å²) >= 11 is 0. The van der Waals surface area contributed by atoms with Crippen molar-refractivity contribution >= 4 is 22.8 Å². The number of fused-ring (bicyclic) bond motifs is 6. The van der Waals surface area contributed by atoms with Crippen molar-refractivity contribution in [1.82, 2.24) is 9.88 Å². The van der Waals surface area contributed by atoms with Crippen molar-refractivity contribution in [3.8, 4) is 23.0 Å². The number of hydrogen-bond acceptors (Lipinski definition) is 10. The number of benzene rings is 2. The molecule has 3 heterocycles. The van der Waals surface area contributed by atoms with Gasteiger partial charge in [-0.15, -0.1) is 0 Å². The summed E-state index contributed by atoms with van der Waals surface area (Å²) in [7, 11) is 9.10. The van der Waals surface area contributed by atoms with E-state index in [0.717, 1.165) is 37.2 Å². The molecule has 6 atom stereocenters. The highest BCUT2D eigenvalue weighted by molar-refractivity contribution is 5.91. The molecule has 2 aromatic carbocycles. The smallest absolute Gasteiger partial charge is 0.338 e. The molecule has 11 heteroatoms. The lowest BCUT2D eigenvalue weighted by Crippen LogP contribution is -2.58. The second kappa shape index (κ2) is 12.2. The molecule has 0 radical (unpaired) electrons. The molecule has 1 saturated heterocycles. The third kappa shape index (κ3) is 5.01. The van der Waals surface area contributed by atoms with Gasteiger partial charge in [0.2, 0.25) is 5.75 Å². The molecule has 11 nitrogen and oxygen atoms in total. The molecule has 0 bridgehead atoms. The molecule has 3 aliphatic rings. The van der Waals surface area contributed by atoms with Gasteiger partial charge in [0.15, 0.2) is 11.5 Å². The molecule has 0 spiro atoms. The molecule has 2 aliphatic heterocycles. The SMILES string of the molecule is COC(=O)[C@@H]1[C@@H]2C[C@@H]3c4[nH]c5cc(OC)ccc5c4CCN3C[C@@H]2C[C@@H](OC(=O)c2cc(OC)c(OC)c(OC)c2)[C@H]1OC. The van der Waals surface area contributed by atoms with Crippen molar-refractivity contribution in [2.24, 2.45) is 17.8 Å². The van der Waals surface area contributed by atoms with Gasteiger partial charge in [0.1, 0.15) is 18.0 Å². The van der Waals surface area contributed by atoms with Crippen molar-refractivity contribution in [2.45, 2.75) is 37.5 Å².